The summed E-state index contributed by atoms with van der Waals surface area (Å²) >= 11 is 5.89. The van der Waals surface area contributed by atoms with E-state index in [9.17, 15) is 14.9 Å². The summed E-state index contributed by atoms with van der Waals surface area (Å²) in [7, 11) is 0. The van der Waals surface area contributed by atoms with E-state index in [1.54, 1.807) is 31.2 Å². The molecule has 130 valence electrons. The molecule has 2 rings (SSSR count). The van der Waals surface area contributed by atoms with Gasteiger partial charge >= 0.3 is 5.97 Å². The molecule has 0 spiro atoms. The van der Waals surface area contributed by atoms with Gasteiger partial charge in [-0.1, -0.05) is 41.9 Å². The number of nitrogens with zero attached hydrogens (tertiary/aromatic N) is 2. The zero-order chi connectivity index (χ0) is 18.2. The second kappa shape index (κ2) is 8.79. The lowest BCUT2D eigenvalue weighted by Crippen LogP contribution is -2.14. The van der Waals surface area contributed by atoms with Gasteiger partial charge in [0.25, 0.3) is 5.69 Å². The van der Waals surface area contributed by atoms with E-state index in [1.807, 2.05) is 6.07 Å². The van der Waals surface area contributed by atoms with Gasteiger partial charge in [0, 0.05) is 11.1 Å². The molecule has 0 amide bonds. The largest absolute Gasteiger partial charge is 0.466 e. The van der Waals surface area contributed by atoms with Crippen molar-refractivity contribution in [2.45, 2.75) is 13.3 Å². The van der Waals surface area contributed by atoms with Gasteiger partial charge in [-0.05, 0) is 24.6 Å². The fourth-order valence-corrected chi connectivity index (χ4v) is 2.24. The number of hydrogen-bond donors (Lipinski definition) is 1. The van der Waals surface area contributed by atoms with Gasteiger partial charge in [0.2, 0.25) is 0 Å². The number of nitrogens with one attached hydrogen (secondary N) is 1. The number of halogens is 1. The van der Waals surface area contributed by atoms with Crippen LogP contribution in [0.1, 0.15) is 18.9 Å². The summed E-state index contributed by atoms with van der Waals surface area (Å²) in [6, 6.07) is 13.1. The van der Waals surface area contributed by atoms with Crippen molar-refractivity contribution < 1.29 is 14.5 Å². The molecule has 0 heterocycles. The Bertz CT molecular complexity index is 794. The van der Waals surface area contributed by atoms with Gasteiger partial charge in [-0.15, -0.1) is 0 Å². The number of benzene rings is 2. The molecule has 1 N–H and O–H groups in total. The minimum atomic E-state index is -0.540. The van der Waals surface area contributed by atoms with E-state index in [1.165, 1.54) is 18.2 Å². The van der Waals surface area contributed by atoms with E-state index in [2.05, 4.69) is 10.5 Å². The maximum Gasteiger partial charge on any atom is 0.311 e. The lowest BCUT2D eigenvalue weighted by Gasteiger charge is -2.08. The molecule has 0 aliphatic heterocycles. The molecule has 0 fully saturated rings. The fraction of sp³-hybridized carbons (Fsp3) is 0.176. The van der Waals surface area contributed by atoms with Crippen molar-refractivity contribution in [3.05, 3.63) is 69.2 Å². The molecule has 0 saturated carbocycles. The van der Waals surface area contributed by atoms with Crippen LogP contribution < -0.4 is 5.43 Å². The molecule has 0 bridgehead atoms. The van der Waals surface area contributed by atoms with E-state index in [0.29, 0.717) is 16.3 Å². The molecule has 0 aromatic heterocycles. The van der Waals surface area contributed by atoms with Crippen molar-refractivity contribution in [2.75, 3.05) is 12.0 Å². The van der Waals surface area contributed by atoms with Crippen molar-refractivity contribution in [1.29, 1.82) is 0 Å². The normalized spacial score (nSPS) is 11.0. The fourth-order valence-electron chi connectivity index (χ4n) is 2.07. The van der Waals surface area contributed by atoms with Crippen LogP contribution in [-0.4, -0.2) is 23.2 Å². The standard InChI is InChI=1S/C17H16ClN3O4/c1-2-25-17(22)11-14(12-6-4-3-5-7-12)19-20-15-10-13(18)8-9-16(15)21(23)24/h3-10,20H,2,11H2,1H3/b19-14-. The summed E-state index contributed by atoms with van der Waals surface area (Å²) in [6.07, 6.45) is -0.0702. The summed E-state index contributed by atoms with van der Waals surface area (Å²) in [5.41, 5.74) is 3.70. The second-order valence-electron chi connectivity index (χ2n) is 4.94. The number of nitro groups is 1. The number of hydrogen-bond acceptors (Lipinski definition) is 6. The predicted molar refractivity (Wildman–Crippen MR) is 96.0 cm³/mol. The van der Waals surface area contributed by atoms with Crippen molar-refractivity contribution in [2.24, 2.45) is 5.10 Å². The lowest BCUT2D eigenvalue weighted by atomic mass is 10.1. The third-order valence-corrected chi connectivity index (χ3v) is 3.43. The van der Waals surface area contributed by atoms with Crippen LogP contribution >= 0.6 is 11.6 Å². The van der Waals surface area contributed by atoms with Crippen LogP contribution in [0.25, 0.3) is 0 Å². The molecule has 0 aliphatic carbocycles. The smallest absolute Gasteiger partial charge is 0.311 e. The summed E-state index contributed by atoms with van der Waals surface area (Å²) < 4.78 is 4.95. The SMILES string of the molecule is CCOC(=O)C/C(=N/Nc1cc(Cl)ccc1[N+](=O)[O-])c1ccccc1. The second-order valence-corrected chi connectivity index (χ2v) is 5.37. The highest BCUT2D eigenvalue weighted by Crippen LogP contribution is 2.27. The lowest BCUT2D eigenvalue weighted by molar-refractivity contribution is -0.384. The monoisotopic (exact) mass is 361 g/mol. The molecule has 0 saturated heterocycles. The van der Waals surface area contributed by atoms with Gasteiger partial charge in [0.05, 0.1) is 23.7 Å². The molecular formula is C17H16ClN3O4. The molecular weight excluding hydrogens is 346 g/mol. The Morgan fingerprint density at radius 1 is 1.28 bits per heavy atom. The van der Waals surface area contributed by atoms with Crippen LogP contribution in [0.5, 0.6) is 0 Å². The van der Waals surface area contributed by atoms with Crippen LogP contribution in [0.2, 0.25) is 5.02 Å². The zero-order valence-corrected chi connectivity index (χ0v) is 14.2. The Balaban J connectivity index is 2.33. The number of rotatable bonds is 7. The molecule has 25 heavy (non-hydrogen) atoms. The van der Waals surface area contributed by atoms with Crippen LogP contribution in [0.4, 0.5) is 11.4 Å². The Hall–Kier alpha value is -2.93. The van der Waals surface area contributed by atoms with E-state index < -0.39 is 10.9 Å². The third kappa shape index (κ3) is 5.29. The van der Waals surface area contributed by atoms with Crippen molar-refractivity contribution in [3.63, 3.8) is 0 Å². The first-order valence-corrected chi connectivity index (χ1v) is 7.86. The van der Waals surface area contributed by atoms with Crippen molar-refractivity contribution in [1.82, 2.24) is 0 Å². The molecule has 0 radical (unpaired) electrons. The first kappa shape index (κ1) is 18.4. The Morgan fingerprint density at radius 2 is 2.00 bits per heavy atom. The predicted octanol–water partition coefficient (Wildman–Crippen LogP) is 4.02. The Kier molecular flexibility index (Phi) is 6.47. The zero-order valence-electron chi connectivity index (χ0n) is 13.4. The molecule has 2 aromatic rings. The molecule has 2 aromatic carbocycles. The maximum atomic E-state index is 11.8. The molecule has 0 atom stereocenters. The van der Waals surface area contributed by atoms with Crippen molar-refractivity contribution >= 4 is 34.7 Å². The topological polar surface area (TPSA) is 93.8 Å². The van der Waals surface area contributed by atoms with E-state index >= 15 is 0 Å². The van der Waals surface area contributed by atoms with Crippen LogP contribution in [0.15, 0.2) is 53.6 Å². The summed E-state index contributed by atoms with van der Waals surface area (Å²) in [5, 5.41) is 15.6. The van der Waals surface area contributed by atoms with E-state index in [0.717, 1.165) is 0 Å². The molecule has 0 unspecified atom stereocenters. The summed E-state index contributed by atoms with van der Waals surface area (Å²) in [5.74, 6) is -0.438. The highest BCUT2D eigenvalue weighted by molar-refractivity contribution is 6.31. The Morgan fingerprint density at radius 3 is 2.64 bits per heavy atom. The van der Waals surface area contributed by atoms with Gasteiger partial charge in [-0.3, -0.25) is 20.3 Å². The van der Waals surface area contributed by atoms with E-state index in [4.69, 9.17) is 16.3 Å². The molecule has 0 aliphatic rings. The number of ether oxygens (including phenoxy) is 1. The third-order valence-electron chi connectivity index (χ3n) is 3.19. The first-order valence-electron chi connectivity index (χ1n) is 7.48. The number of carbonyl (C=O) groups is 1. The minimum Gasteiger partial charge on any atom is -0.466 e. The van der Waals surface area contributed by atoms with Gasteiger partial charge in [-0.2, -0.15) is 5.10 Å². The van der Waals surface area contributed by atoms with Gasteiger partial charge in [-0.25, -0.2) is 0 Å². The van der Waals surface area contributed by atoms with Gasteiger partial charge in [0.1, 0.15) is 5.69 Å². The Labute approximate surface area is 149 Å². The maximum absolute atomic E-state index is 11.8. The number of nitro benzene ring substituents is 1. The average Bonchev–Trinajstić information content (AvgIpc) is 2.59. The van der Waals surface area contributed by atoms with E-state index in [-0.39, 0.29) is 24.4 Å². The summed E-state index contributed by atoms with van der Waals surface area (Å²) in [6.45, 7) is 1.97. The van der Waals surface area contributed by atoms with Crippen LogP contribution in [0, 0.1) is 10.1 Å². The van der Waals surface area contributed by atoms with Crippen LogP contribution in [0.3, 0.4) is 0 Å². The average molecular weight is 362 g/mol. The van der Waals surface area contributed by atoms with Gasteiger partial charge in [0.15, 0.2) is 0 Å². The molecule has 7 nitrogen and oxygen atoms in total. The van der Waals surface area contributed by atoms with Gasteiger partial charge < -0.3 is 4.74 Å². The number of carbonyl (C=O) groups excluding carboxylic acids is 1. The number of hydrazone groups is 1. The van der Waals surface area contributed by atoms with Crippen molar-refractivity contribution in [3.8, 4) is 0 Å². The highest BCUT2D eigenvalue weighted by Gasteiger charge is 2.15. The number of anilines is 1. The summed E-state index contributed by atoms with van der Waals surface area (Å²) in [4.78, 5) is 22.4. The minimum absolute atomic E-state index is 0.0702. The molecule has 8 heteroatoms. The first-order chi connectivity index (χ1) is 12.0. The number of esters is 1. The quantitative estimate of drug-likeness (QED) is 0.348. The highest BCUT2D eigenvalue weighted by atomic mass is 35.5. The van der Waals surface area contributed by atoms with Crippen LogP contribution in [-0.2, 0) is 9.53 Å².